The van der Waals surface area contributed by atoms with Crippen molar-refractivity contribution in [1.29, 1.82) is 0 Å². The molecular formula is C17H24O8. The molecule has 0 amide bonds. The summed E-state index contributed by atoms with van der Waals surface area (Å²) in [6.45, 7) is -0.571. The Bertz CT molecular complexity index is 535. The topological polar surface area (TPSA) is 137 Å². The second kappa shape index (κ2) is 9.23. The number of carboxylic acid groups (broad SMARTS) is 1. The summed E-state index contributed by atoms with van der Waals surface area (Å²) in [5, 5.41) is 47.8. The molecule has 2 rings (SSSR count). The second-order valence-electron chi connectivity index (χ2n) is 6.08. The van der Waals surface area contributed by atoms with E-state index in [0.29, 0.717) is 12.8 Å². The van der Waals surface area contributed by atoms with Gasteiger partial charge in [-0.3, -0.25) is 4.79 Å². The zero-order chi connectivity index (χ0) is 18.4. The van der Waals surface area contributed by atoms with E-state index in [2.05, 4.69) is 0 Å². The van der Waals surface area contributed by atoms with E-state index >= 15 is 0 Å². The number of aliphatic carboxylic acids is 1. The first-order valence-corrected chi connectivity index (χ1v) is 8.14. The summed E-state index contributed by atoms with van der Waals surface area (Å²) in [6.07, 6.45) is -7.16. The number of ether oxygens (including phenoxy) is 2. The Morgan fingerprint density at radius 1 is 1.12 bits per heavy atom. The maximum Gasteiger partial charge on any atom is 0.305 e. The van der Waals surface area contributed by atoms with Crippen LogP contribution in [-0.4, -0.2) is 74.9 Å². The van der Waals surface area contributed by atoms with Crippen molar-refractivity contribution in [3.05, 3.63) is 35.9 Å². The minimum atomic E-state index is -1.56. The SMILES string of the molecule is O=C(O)C[C@H](CCc1ccccc1)O[C@@H]1O[C@H](CO)[C@@H](O)[C@H](O)[C@@H]1O. The van der Waals surface area contributed by atoms with E-state index in [0.717, 1.165) is 5.56 Å². The third-order valence-corrected chi connectivity index (χ3v) is 4.18. The lowest BCUT2D eigenvalue weighted by Crippen LogP contribution is -2.59. The molecule has 1 aliphatic heterocycles. The predicted octanol–water partition coefficient (Wildman–Crippen LogP) is -0.721. The summed E-state index contributed by atoms with van der Waals surface area (Å²) in [5.41, 5.74) is 1.01. The van der Waals surface area contributed by atoms with Gasteiger partial charge in [-0.2, -0.15) is 0 Å². The highest BCUT2D eigenvalue weighted by molar-refractivity contribution is 5.67. The Morgan fingerprint density at radius 2 is 1.80 bits per heavy atom. The molecule has 0 bridgehead atoms. The molecule has 25 heavy (non-hydrogen) atoms. The molecule has 1 saturated heterocycles. The number of benzene rings is 1. The molecule has 5 N–H and O–H groups in total. The van der Waals surface area contributed by atoms with Gasteiger partial charge in [-0.15, -0.1) is 0 Å². The van der Waals surface area contributed by atoms with Gasteiger partial charge < -0.3 is 35.0 Å². The van der Waals surface area contributed by atoms with Crippen LogP contribution in [0.2, 0.25) is 0 Å². The van der Waals surface area contributed by atoms with Crippen LogP contribution in [0, 0.1) is 0 Å². The molecule has 1 fully saturated rings. The Balaban J connectivity index is 2.01. The van der Waals surface area contributed by atoms with Crippen molar-refractivity contribution in [2.24, 2.45) is 0 Å². The van der Waals surface area contributed by atoms with Gasteiger partial charge >= 0.3 is 5.97 Å². The fourth-order valence-corrected chi connectivity index (χ4v) is 2.75. The van der Waals surface area contributed by atoms with Gasteiger partial charge in [0, 0.05) is 0 Å². The van der Waals surface area contributed by atoms with Gasteiger partial charge in [0.2, 0.25) is 0 Å². The third-order valence-electron chi connectivity index (χ3n) is 4.18. The molecule has 0 radical (unpaired) electrons. The van der Waals surface area contributed by atoms with Crippen LogP contribution < -0.4 is 0 Å². The molecule has 1 aromatic carbocycles. The molecule has 8 nitrogen and oxygen atoms in total. The molecule has 0 unspecified atom stereocenters. The number of hydrogen-bond acceptors (Lipinski definition) is 7. The van der Waals surface area contributed by atoms with Crippen molar-refractivity contribution < 1.29 is 39.8 Å². The number of aliphatic hydroxyl groups is 4. The van der Waals surface area contributed by atoms with Gasteiger partial charge in [-0.1, -0.05) is 30.3 Å². The Hall–Kier alpha value is -1.55. The molecule has 1 aromatic rings. The second-order valence-corrected chi connectivity index (χ2v) is 6.08. The van der Waals surface area contributed by atoms with Crippen LogP contribution >= 0.6 is 0 Å². The summed E-state index contributed by atoms with van der Waals surface area (Å²) in [5.74, 6) is -1.07. The molecule has 0 spiro atoms. The van der Waals surface area contributed by atoms with Gasteiger partial charge in [0.15, 0.2) is 6.29 Å². The van der Waals surface area contributed by atoms with Crippen molar-refractivity contribution in [2.45, 2.75) is 56.1 Å². The van der Waals surface area contributed by atoms with E-state index in [-0.39, 0.29) is 6.42 Å². The monoisotopic (exact) mass is 356 g/mol. The summed E-state index contributed by atoms with van der Waals surface area (Å²) in [7, 11) is 0. The highest BCUT2D eigenvalue weighted by Crippen LogP contribution is 2.24. The fourth-order valence-electron chi connectivity index (χ4n) is 2.75. The maximum atomic E-state index is 11.1. The van der Waals surface area contributed by atoms with Gasteiger partial charge in [0.25, 0.3) is 0 Å². The Morgan fingerprint density at radius 3 is 2.40 bits per heavy atom. The molecule has 0 aromatic heterocycles. The molecule has 1 aliphatic rings. The predicted molar refractivity (Wildman–Crippen MR) is 85.7 cm³/mol. The van der Waals surface area contributed by atoms with E-state index in [1.54, 1.807) is 0 Å². The van der Waals surface area contributed by atoms with E-state index < -0.39 is 49.4 Å². The Labute approximate surface area is 145 Å². The minimum Gasteiger partial charge on any atom is -0.481 e. The molecule has 0 saturated carbocycles. The summed E-state index contributed by atoms with van der Waals surface area (Å²) in [4.78, 5) is 11.1. The van der Waals surface area contributed by atoms with E-state index in [4.69, 9.17) is 14.6 Å². The van der Waals surface area contributed by atoms with Crippen LogP contribution in [-0.2, 0) is 20.7 Å². The van der Waals surface area contributed by atoms with Crippen LogP contribution in [0.25, 0.3) is 0 Å². The quantitative estimate of drug-likeness (QED) is 0.412. The van der Waals surface area contributed by atoms with Gasteiger partial charge in [0.05, 0.1) is 19.1 Å². The van der Waals surface area contributed by atoms with Crippen LogP contribution in [0.5, 0.6) is 0 Å². The zero-order valence-corrected chi connectivity index (χ0v) is 13.6. The highest BCUT2D eigenvalue weighted by atomic mass is 16.7. The number of carboxylic acids is 1. The average Bonchev–Trinajstić information content (AvgIpc) is 2.60. The van der Waals surface area contributed by atoms with E-state index in [1.807, 2.05) is 30.3 Å². The van der Waals surface area contributed by atoms with Crippen LogP contribution in [0.3, 0.4) is 0 Å². The summed E-state index contributed by atoms with van der Waals surface area (Å²) in [6, 6.07) is 9.44. The minimum absolute atomic E-state index is 0.304. The Kier molecular flexibility index (Phi) is 7.30. The van der Waals surface area contributed by atoms with Crippen LogP contribution in [0.1, 0.15) is 18.4 Å². The fraction of sp³-hybridized carbons (Fsp3) is 0.588. The molecule has 0 aliphatic carbocycles. The first kappa shape index (κ1) is 19.8. The summed E-state index contributed by atoms with van der Waals surface area (Å²) < 4.78 is 10.8. The zero-order valence-electron chi connectivity index (χ0n) is 13.6. The van der Waals surface area contributed by atoms with Gasteiger partial charge in [-0.05, 0) is 18.4 Å². The van der Waals surface area contributed by atoms with Crippen molar-refractivity contribution in [3.8, 4) is 0 Å². The molecule has 140 valence electrons. The molecular weight excluding hydrogens is 332 g/mol. The molecule has 8 heteroatoms. The number of rotatable bonds is 8. The van der Waals surface area contributed by atoms with Crippen molar-refractivity contribution in [1.82, 2.24) is 0 Å². The molecule has 1 heterocycles. The van der Waals surface area contributed by atoms with Crippen LogP contribution in [0.15, 0.2) is 30.3 Å². The van der Waals surface area contributed by atoms with E-state index in [9.17, 15) is 25.2 Å². The normalized spacial score (nSPS) is 30.8. The number of aliphatic hydroxyl groups excluding tert-OH is 4. The van der Waals surface area contributed by atoms with Crippen molar-refractivity contribution in [3.63, 3.8) is 0 Å². The van der Waals surface area contributed by atoms with E-state index in [1.165, 1.54) is 0 Å². The van der Waals surface area contributed by atoms with Gasteiger partial charge in [-0.25, -0.2) is 0 Å². The smallest absolute Gasteiger partial charge is 0.305 e. The summed E-state index contributed by atoms with van der Waals surface area (Å²) >= 11 is 0. The first-order chi connectivity index (χ1) is 11.9. The highest BCUT2D eigenvalue weighted by Gasteiger charge is 2.44. The third kappa shape index (κ3) is 5.46. The van der Waals surface area contributed by atoms with Crippen LogP contribution in [0.4, 0.5) is 0 Å². The largest absolute Gasteiger partial charge is 0.481 e. The standard InChI is InChI=1S/C17H24O8/c18-9-12-14(21)15(22)16(23)17(25-12)24-11(8-13(19)20)7-6-10-4-2-1-3-5-10/h1-5,11-12,14-18,21-23H,6-9H2,(H,19,20)/t11-,12+,14+,15-,16-,17+/m0/s1. The number of hydrogen-bond donors (Lipinski definition) is 5. The average molecular weight is 356 g/mol. The van der Waals surface area contributed by atoms with Crippen molar-refractivity contribution in [2.75, 3.05) is 6.61 Å². The maximum absolute atomic E-state index is 11.1. The first-order valence-electron chi connectivity index (χ1n) is 8.14. The van der Waals surface area contributed by atoms with Crippen molar-refractivity contribution >= 4 is 5.97 Å². The lowest BCUT2D eigenvalue weighted by Gasteiger charge is -2.40. The lowest BCUT2D eigenvalue weighted by atomic mass is 9.99. The molecule has 6 atom stereocenters. The lowest BCUT2D eigenvalue weighted by molar-refractivity contribution is -0.311. The number of aryl methyl sites for hydroxylation is 1. The van der Waals surface area contributed by atoms with Gasteiger partial charge in [0.1, 0.15) is 24.4 Å². The number of carbonyl (C=O) groups is 1.